The number of amides is 1. The number of halogens is 2. The normalized spacial score (nSPS) is 20.7. The van der Waals surface area contributed by atoms with Gasteiger partial charge in [-0.2, -0.15) is 4.31 Å². The molecule has 28 heavy (non-hydrogen) atoms. The first-order valence-corrected chi connectivity index (χ1v) is 10.9. The summed E-state index contributed by atoms with van der Waals surface area (Å²) in [7, 11) is -3.65. The zero-order chi connectivity index (χ0) is 20.5. The quantitative estimate of drug-likeness (QED) is 0.774. The molecular weight excluding hydrogens is 423 g/mol. The number of carbonyl (C=O) groups excluding carboxylic acids is 1. The fraction of sp³-hybridized carbons (Fsp3) is 0.316. The average molecular weight is 443 g/mol. The molecule has 1 aliphatic heterocycles. The largest absolute Gasteiger partial charge is 0.373 e. The third kappa shape index (κ3) is 4.85. The summed E-state index contributed by atoms with van der Waals surface area (Å²) in [5, 5.41) is 3.49. The molecule has 1 amide bonds. The number of morpholine rings is 1. The van der Waals surface area contributed by atoms with Gasteiger partial charge in [-0.15, -0.1) is 0 Å². The van der Waals surface area contributed by atoms with Crippen molar-refractivity contribution in [2.75, 3.05) is 18.4 Å². The minimum absolute atomic E-state index is 0.135. The van der Waals surface area contributed by atoms with Crippen molar-refractivity contribution in [1.82, 2.24) is 4.31 Å². The summed E-state index contributed by atoms with van der Waals surface area (Å²) in [5.74, 6) is -0.393. The Morgan fingerprint density at radius 3 is 2.11 bits per heavy atom. The smallest absolute Gasteiger partial charge is 0.255 e. The molecule has 2 aromatic rings. The van der Waals surface area contributed by atoms with Gasteiger partial charge in [0.05, 0.1) is 17.1 Å². The number of hydrogen-bond donors (Lipinski definition) is 1. The predicted octanol–water partition coefficient (Wildman–Crippen LogP) is 4.04. The predicted molar refractivity (Wildman–Crippen MR) is 110 cm³/mol. The van der Waals surface area contributed by atoms with Gasteiger partial charge in [-0.3, -0.25) is 4.79 Å². The Kier molecular flexibility index (Phi) is 6.31. The van der Waals surface area contributed by atoms with Crippen LogP contribution in [0.4, 0.5) is 5.69 Å². The molecule has 2 atom stereocenters. The topological polar surface area (TPSA) is 75.7 Å². The molecule has 3 rings (SSSR count). The summed E-state index contributed by atoms with van der Waals surface area (Å²) in [5.41, 5.74) is 0.772. The van der Waals surface area contributed by atoms with Crippen molar-refractivity contribution in [2.45, 2.75) is 31.0 Å². The first-order valence-electron chi connectivity index (χ1n) is 8.68. The van der Waals surface area contributed by atoms with Crippen LogP contribution < -0.4 is 5.32 Å². The average Bonchev–Trinajstić information content (AvgIpc) is 2.60. The second-order valence-corrected chi connectivity index (χ2v) is 9.53. The molecule has 0 unspecified atom stereocenters. The summed E-state index contributed by atoms with van der Waals surface area (Å²) >= 11 is 11.9. The van der Waals surface area contributed by atoms with Crippen molar-refractivity contribution in [3.63, 3.8) is 0 Å². The van der Waals surface area contributed by atoms with E-state index < -0.39 is 15.9 Å². The van der Waals surface area contributed by atoms with Gasteiger partial charge >= 0.3 is 0 Å². The van der Waals surface area contributed by atoms with Crippen LogP contribution in [0.25, 0.3) is 0 Å². The lowest BCUT2D eigenvalue weighted by Gasteiger charge is -2.34. The van der Waals surface area contributed by atoms with Crippen LogP contribution in [0.15, 0.2) is 47.4 Å². The molecule has 6 nitrogen and oxygen atoms in total. The first-order chi connectivity index (χ1) is 13.1. The molecule has 1 saturated heterocycles. The fourth-order valence-corrected chi connectivity index (χ4v) is 5.20. The van der Waals surface area contributed by atoms with Crippen molar-refractivity contribution in [3.8, 4) is 0 Å². The fourth-order valence-electron chi connectivity index (χ4n) is 3.08. The molecule has 0 saturated carbocycles. The lowest BCUT2D eigenvalue weighted by Crippen LogP contribution is -2.48. The van der Waals surface area contributed by atoms with Crippen LogP contribution in [0.2, 0.25) is 10.0 Å². The Morgan fingerprint density at radius 1 is 1.04 bits per heavy atom. The molecule has 0 radical (unpaired) electrons. The second-order valence-electron chi connectivity index (χ2n) is 6.72. The van der Waals surface area contributed by atoms with Crippen LogP contribution >= 0.6 is 23.2 Å². The highest BCUT2D eigenvalue weighted by Gasteiger charge is 2.32. The van der Waals surface area contributed by atoms with Crippen molar-refractivity contribution in [1.29, 1.82) is 0 Å². The van der Waals surface area contributed by atoms with Crippen LogP contribution in [0.1, 0.15) is 24.2 Å². The number of nitrogens with one attached hydrogen (secondary N) is 1. The summed E-state index contributed by atoms with van der Waals surface area (Å²) < 4.78 is 32.7. The van der Waals surface area contributed by atoms with Crippen molar-refractivity contribution >= 4 is 44.8 Å². The van der Waals surface area contributed by atoms with Crippen LogP contribution in [-0.2, 0) is 14.8 Å². The first kappa shape index (κ1) is 21.1. The highest BCUT2D eigenvalue weighted by atomic mass is 35.5. The van der Waals surface area contributed by atoms with Gasteiger partial charge in [0.15, 0.2) is 0 Å². The highest BCUT2D eigenvalue weighted by molar-refractivity contribution is 7.89. The Labute approximate surface area is 174 Å². The number of rotatable bonds is 4. The number of anilines is 1. The van der Waals surface area contributed by atoms with E-state index in [1.54, 1.807) is 18.2 Å². The van der Waals surface area contributed by atoms with Crippen molar-refractivity contribution in [3.05, 3.63) is 58.1 Å². The number of carbonyl (C=O) groups is 1. The van der Waals surface area contributed by atoms with Crippen molar-refractivity contribution < 1.29 is 17.9 Å². The van der Waals surface area contributed by atoms with E-state index in [9.17, 15) is 13.2 Å². The van der Waals surface area contributed by atoms with Crippen molar-refractivity contribution in [2.24, 2.45) is 0 Å². The van der Waals surface area contributed by atoms with Gasteiger partial charge in [0.1, 0.15) is 0 Å². The van der Waals surface area contributed by atoms with Gasteiger partial charge in [-0.25, -0.2) is 8.42 Å². The van der Waals surface area contributed by atoms with Crippen LogP contribution in [-0.4, -0.2) is 43.9 Å². The number of ether oxygens (including phenoxy) is 1. The maximum absolute atomic E-state index is 12.9. The van der Waals surface area contributed by atoms with E-state index in [0.717, 1.165) is 0 Å². The molecule has 1 fully saturated rings. The number of hydrogen-bond acceptors (Lipinski definition) is 4. The minimum atomic E-state index is -3.65. The summed E-state index contributed by atoms with van der Waals surface area (Å²) in [6, 6.07) is 10.5. The Bertz CT molecular complexity index is 950. The van der Waals surface area contributed by atoms with Gasteiger partial charge in [0.2, 0.25) is 10.0 Å². The van der Waals surface area contributed by atoms with E-state index in [0.29, 0.717) is 34.4 Å². The Morgan fingerprint density at radius 2 is 1.57 bits per heavy atom. The monoisotopic (exact) mass is 442 g/mol. The second kappa shape index (κ2) is 8.39. The number of nitrogens with zero attached hydrogens (tertiary/aromatic N) is 1. The zero-order valence-corrected chi connectivity index (χ0v) is 17.7. The van der Waals surface area contributed by atoms with E-state index in [2.05, 4.69) is 5.32 Å². The standard InChI is InChI=1S/C19H20Cl2N2O4S/c1-12-10-23(11-13(2)27-12)28(25,26)18-5-3-14(4-6-18)19(24)22-17-8-15(20)7-16(21)9-17/h3-9,12-13H,10-11H2,1-2H3,(H,22,24)/t12-,13+. The summed E-state index contributed by atoms with van der Waals surface area (Å²) in [6.07, 6.45) is -0.346. The summed E-state index contributed by atoms with van der Waals surface area (Å²) in [4.78, 5) is 12.5. The molecule has 0 bridgehead atoms. The maximum atomic E-state index is 12.9. The van der Waals surface area contributed by atoms with Crippen LogP contribution in [0, 0.1) is 0 Å². The molecule has 1 heterocycles. The molecule has 9 heteroatoms. The van der Waals surface area contributed by atoms with E-state index in [1.807, 2.05) is 13.8 Å². The lowest BCUT2D eigenvalue weighted by atomic mass is 10.2. The van der Waals surface area contributed by atoms with E-state index in [1.165, 1.54) is 28.6 Å². The van der Waals surface area contributed by atoms with E-state index >= 15 is 0 Å². The van der Waals surface area contributed by atoms with E-state index in [4.69, 9.17) is 27.9 Å². The Balaban J connectivity index is 1.76. The number of sulfonamides is 1. The zero-order valence-electron chi connectivity index (χ0n) is 15.4. The maximum Gasteiger partial charge on any atom is 0.255 e. The molecule has 1 aliphatic rings. The SMILES string of the molecule is C[C@@H]1CN(S(=O)(=O)c2ccc(C(=O)Nc3cc(Cl)cc(Cl)c3)cc2)C[C@H](C)O1. The Hall–Kier alpha value is -1.64. The third-order valence-corrected chi connectivity index (χ3v) is 6.54. The van der Waals surface area contributed by atoms with Gasteiger partial charge in [0.25, 0.3) is 5.91 Å². The van der Waals surface area contributed by atoms with Crippen LogP contribution in [0.5, 0.6) is 0 Å². The molecule has 0 spiro atoms. The molecule has 2 aromatic carbocycles. The molecular formula is C19H20Cl2N2O4S. The highest BCUT2D eigenvalue weighted by Crippen LogP contribution is 2.24. The summed E-state index contributed by atoms with van der Waals surface area (Å²) in [6.45, 7) is 4.27. The van der Waals surface area contributed by atoms with E-state index in [-0.39, 0.29) is 17.1 Å². The molecule has 1 N–H and O–H groups in total. The van der Waals surface area contributed by atoms with Crippen LogP contribution in [0.3, 0.4) is 0 Å². The van der Waals surface area contributed by atoms with Gasteiger partial charge < -0.3 is 10.1 Å². The van der Waals surface area contributed by atoms with Gasteiger partial charge in [0, 0.05) is 34.4 Å². The lowest BCUT2D eigenvalue weighted by molar-refractivity contribution is -0.0440. The third-order valence-electron chi connectivity index (χ3n) is 4.26. The van der Waals surface area contributed by atoms with Gasteiger partial charge in [-0.1, -0.05) is 23.2 Å². The molecule has 150 valence electrons. The molecule has 0 aliphatic carbocycles. The van der Waals surface area contributed by atoms with Gasteiger partial charge in [-0.05, 0) is 56.3 Å². The number of benzene rings is 2. The minimum Gasteiger partial charge on any atom is -0.373 e. The molecule has 0 aromatic heterocycles.